The normalized spacial score (nSPS) is 17.9. The van der Waals surface area contributed by atoms with Crippen molar-refractivity contribution >= 4 is 11.7 Å². The van der Waals surface area contributed by atoms with Gasteiger partial charge in [0.25, 0.3) is 5.91 Å². The largest absolute Gasteiger partial charge is 0.474 e. The van der Waals surface area contributed by atoms with Crippen molar-refractivity contribution in [2.75, 3.05) is 18.9 Å². The number of ether oxygens (including phenoxy) is 1. The molecule has 0 atom stereocenters. The lowest BCUT2D eigenvalue weighted by Crippen LogP contribution is -2.30. The molecule has 1 aliphatic heterocycles. The van der Waals surface area contributed by atoms with Crippen LogP contribution in [0.5, 0.6) is 5.88 Å². The first-order chi connectivity index (χ1) is 11.7. The Morgan fingerprint density at radius 3 is 3.00 bits per heavy atom. The van der Waals surface area contributed by atoms with Crippen LogP contribution in [0.4, 0.5) is 5.82 Å². The molecule has 0 saturated heterocycles. The van der Waals surface area contributed by atoms with Gasteiger partial charge in [-0.3, -0.25) is 14.4 Å². The summed E-state index contributed by atoms with van der Waals surface area (Å²) >= 11 is 0. The van der Waals surface area contributed by atoms with Gasteiger partial charge in [-0.15, -0.1) is 0 Å². The molecule has 0 bridgehead atoms. The summed E-state index contributed by atoms with van der Waals surface area (Å²) in [5, 5.41) is 7.32. The summed E-state index contributed by atoms with van der Waals surface area (Å²) in [6.45, 7) is 2.65. The number of hydrogen-bond acceptors (Lipinski definition) is 5. The first kappa shape index (κ1) is 15.1. The van der Waals surface area contributed by atoms with Crippen molar-refractivity contribution in [3.05, 3.63) is 35.7 Å². The smallest absolute Gasteiger partial charge is 0.257 e. The highest BCUT2D eigenvalue weighted by Gasteiger charge is 2.21. The van der Waals surface area contributed by atoms with Gasteiger partial charge >= 0.3 is 0 Å². The van der Waals surface area contributed by atoms with Gasteiger partial charge in [-0.25, -0.2) is 4.98 Å². The molecule has 126 valence electrons. The Kier molecular flexibility index (Phi) is 3.93. The second-order valence-electron chi connectivity index (χ2n) is 6.49. The second kappa shape index (κ2) is 6.24. The number of carbonyl (C=O) groups is 1. The van der Waals surface area contributed by atoms with Crippen molar-refractivity contribution in [1.82, 2.24) is 19.7 Å². The third kappa shape index (κ3) is 3.12. The van der Waals surface area contributed by atoms with E-state index in [9.17, 15) is 4.79 Å². The van der Waals surface area contributed by atoms with Crippen molar-refractivity contribution in [3.63, 3.8) is 0 Å². The lowest BCUT2D eigenvalue weighted by molar-refractivity contribution is 0.101. The van der Waals surface area contributed by atoms with Crippen LogP contribution in [0, 0.1) is 0 Å². The zero-order chi connectivity index (χ0) is 16.5. The lowest BCUT2D eigenvalue weighted by Gasteiger charge is -2.25. The molecule has 7 nitrogen and oxygen atoms in total. The molecular formula is C17H21N5O2. The molecule has 0 radical (unpaired) electrons. The number of aromatic nitrogens is 3. The maximum absolute atomic E-state index is 12.5. The number of likely N-dealkylation sites (N-methyl/N-ethyl adjacent to an activating group) is 1. The molecule has 0 unspecified atom stereocenters. The van der Waals surface area contributed by atoms with Gasteiger partial charge in [0.1, 0.15) is 6.10 Å². The van der Waals surface area contributed by atoms with E-state index in [0.29, 0.717) is 17.3 Å². The number of amides is 1. The van der Waals surface area contributed by atoms with Crippen LogP contribution in [0.15, 0.2) is 24.4 Å². The number of hydrogen-bond donors (Lipinski definition) is 1. The highest BCUT2D eigenvalue weighted by Crippen LogP contribution is 2.24. The number of fused-ring (bicyclic) bond motifs is 1. The fourth-order valence-electron chi connectivity index (χ4n) is 2.92. The Balaban J connectivity index is 1.45. The van der Waals surface area contributed by atoms with Gasteiger partial charge in [0.05, 0.1) is 12.2 Å². The van der Waals surface area contributed by atoms with Crippen molar-refractivity contribution in [3.8, 4) is 5.88 Å². The van der Waals surface area contributed by atoms with Gasteiger partial charge in [0, 0.05) is 37.0 Å². The zero-order valence-corrected chi connectivity index (χ0v) is 13.7. The lowest BCUT2D eigenvalue weighted by atomic mass is 9.96. The molecule has 3 heterocycles. The number of carbonyl (C=O) groups excluding carboxylic acids is 1. The van der Waals surface area contributed by atoms with Gasteiger partial charge in [0.15, 0.2) is 5.82 Å². The van der Waals surface area contributed by atoms with E-state index >= 15 is 0 Å². The van der Waals surface area contributed by atoms with Gasteiger partial charge < -0.3 is 10.1 Å². The Bertz CT molecular complexity index is 753. The van der Waals surface area contributed by atoms with Gasteiger partial charge in [-0.2, -0.15) is 5.10 Å². The quantitative estimate of drug-likeness (QED) is 0.929. The predicted octanol–water partition coefficient (Wildman–Crippen LogP) is 1.91. The Morgan fingerprint density at radius 1 is 1.33 bits per heavy atom. The summed E-state index contributed by atoms with van der Waals surface area (Å²) in [5.74, 6) is 0.904. The summed E-state index contributed by atoms with van der Waals surface area (Å²) in [5.41, 5.74) is 1.64. The van der Waals surface area contributed by atoms with E-state index in [4.69, 9.17) is 4.74 Å². The third-order valence-electron chi connectivity index (χ3n) is 4.57. The average molecular weight is 327 g/mol. The van der Waals surface area contributed by atoms with E-state index in [-0.39, 0.29) is 12.0 Å². The fraction of sp³-hybridized carbons (Fsp3) is 0.471. The molecule has 4 rings (SSSR count). The topological polar surface area (TPSA) is 72.3 Å². The van der Waals surface area contributed by atoms with E-state index in [0.717, 1.165) is 38.2 Å². The molecule has 7 heteroatoms. The number of nitrogens with one attached hydrogen (secondary N) is 1. The van der Waals surface area contributed by atoms with Gasteiger partial charge in [-0.1, -0.05) is 0 Å². The predicted molar refractivity (Wildman–Crippen MR) is 89.0 cm³/mol. The first-order valence-electron chi connectivity index (χ1n) is 8.37. The van der Waals surface area contributed by atoms with Gasteiger partial charge in [0.2, 0.25) is 5.88 Å². The summed E-state index contributed by atoms with van der Waals surface area (Å²) in [6, 6.07) is 5.31. The maximum atomic E-state index is 12.5. The zero-order valence-electron chi connectivity index (χ0n) is 13.7. The van der Waals surface area contributed by atoms with Crippen molar-refractivity contribution < 1.29 is 9.53 Å². The molecule has 0 aromatic carbocycles. The minimum absolute atomic E-state index is 0.195. The molecule has 2 aromatic rings. The van der Waals surface area contributed by atoms with Crippen LogP contribution in [0.3, 0.4) is 0 Å². The Labute approximate surface area is 140 Å². The van der Waals surface area contributed by atoms with E-state index < -0.39 is 0 Å². The molecule has 24 heavy (non-hydrogen) atoms. The molecule has 1 aliphatic carbocycles. The molecule has 2 aliphatic rings. The van der Waals surface area contributed by atoms with Crippen LogP contribution >= 0.6 is 0 Å². The molecular weight excluding hydrogens is 306 g/mol. The summed E-state index contributed by atoms with van der Waals surface area (Å²) < 4.78 is 7.70. The molecule has 1 saturated carbocycles. The third-order valence-corrected chi connectivity index (χ3v) is 4.57. The highest BCUT2D eigenvalue weighted by atomic mass is 16.5. The Morgan fingerprint density at radius 2 is 2.21 bits per heavy atom. The van der Waals surface area contributed by atoms with Crippen molar-refractivity contribution in [1.29, 1.82) is 0 Å². The SMILES string of the molecule is CN1CCn2nc(NC(=O)c3ccnc(OC4CCC4)c3)cc2C1. The van der Waals surface area contributed by atoms with Crippen LogP contribution < -0.4 is 10.1 Å². The summed E-state index contributed by atoms with van der Waals surface area (Å²) in [7, 11) is 2.08. The second-order valence-corrected chi connectivity index (χ2v) is 6.49. The van der Waals surface area contributed by atoms with Gasteiger partial charge in [-0.05, 0) is 32.4 Å². The minimum atomic E-state index is -0.195. The van der Waals surface area contributed by atoms with E-state index in [1.165, 1.54) is 6.42 Å². The van der Waals surface area contributed by atoms with Crippen LogP contribution in [-0.2, 0) is 13.1 Å². The minimum Gasteiger partial charge on any atom is -0.474 e. The van der Waals surface area contributed by atoms with Crippen molar-refractivity contribution in [2.24, 2.45) is 0 Å². The van der Waals surface area contributed by atoms with Crippen LogP contribution in [0.25, 0.3) is 0 Å². The van der Waals surface area contributed by atoms with Crippen LogP contribution in [0.2, 0.25) is 0 Å². The van der Waals surface area contributed by atoms with E-state index in [2.05, 4.69) is 27.3 Å². The number of nitrogens with zero attached hydrogens (tertiary/aromatic N) is 4. The van der Waals surface area contributed by atoms with E-state index in [1.807, 2.05) is 10.7 Å². The fourth-order valence-corrected chi connectivity index (χ4v) is 2.92. The summed E-state index contributed by atoms with van der Waals surface area (Å²) in [4.78, 5) is 18.9. The maximum Gasteiger partial charge on any atom is 0.257 e. The molecule has 1 fully saturated rings. The summed E-state index contributed by atoms with van der Waals surface area (Å²) in [6.07, 6.45) is 5.17. The first-order valence-corrected chi connectivity index (χ1v) is 8.37. The standard InChI is InChI=1S/C17H21N5O2/c1-21-7-8-22-13(11-21)10-15(20-22)19-17(23)12-5-6-18-16(9-12)24-14-3-2-4-14/h5-6,9-10,14H,2-4,7-8,11H2,1H3,(H,19,20,23). The Hall–Kier alpha value is -2.41. The molecule has 2 aromatic heterocycles. The monoisotopic (exact) mass is 327 g/mol. The number of rotatable bonds is 4. The van der Waals surface area contributed by atoms with Crippen molar-refractivity contribution in [2.45, 2.75) is 38.5 Å². The molecule has 0 spiro atoms. The van der Waals surface area contributed by atoms with Crippen LogP contribution in [-0.4, -0.2) is 45.3 Å². The van der Waals surface area contributed by atoms with Crippen LogP contribution in [0.1, 0.15) is 35.3 Å². The average Bonchev–Trinajstić information content (AvgIpc) is 2.92. The highest BCUT2D eigenvalue weighted by molar-refractivity contribution is 6.03. The molecule has 1 amide bonds. The molecule has 1 N–H and O–H groups in total. The van der Waals surface area contributed by atoms with E-state index in [1.54, 1.807) is 18.3 Å². The number of pyridine rings is 1. The number of anilines is 1.